The van der Waals surface area contributed by atoms with Gasteiger partial charge in [-0.3, -0.25) is 13.8 Å². The summed E-state index contributed by atoms with van der Waals surface area (Å²) in [5, 5.41) is 9.84. The molecule has 0 spiro atoms. The van der Waals surface area contributed by atoms with Gasteiger partial charge in [-0.15, -0.1) is 0 Å². The molecule has 37 heavy (non-hydrogen) atoms. The van der Waals surface area contributed by atoms with Crippen molar-refractivity contribution in [1.29, 1.82) is 0 Å². The monoisotopic (exact) mass is 550 g/mol. The van der Waals surface area contributed by atoms with E-state index in [4.69, 9.17) is 13.8 Å². The maximum absolute atomic E-state index is 11.8. The molecule has 0 heterocycles. The van der Waals surface area contributed by atoms with Crippen LogP contribution in [0, 0.1) is 0 Å². The van der Waals surface area contributed by atoms with Gasteiger partial charge < -0.3 is 19.2 Å². The van der Waals surface area contributed by atoms with Gasteiger partial charge in [0.25, 0.3) is 0 Å². The van der Waals surface area contributed by atoms with Gasteiger partial charge in [-0.05, 0) is 32.1 Å². The van der Waals surface area contributed by atoms with E-state index in [9.17, 15) is 19.4 Å². The number of rotatable bonds is 26. The highest BCUT2D eigenvalue weighted by Crippen LogP contribution is 2.43. The maximum Gasteiger partial charge on any atom is 0.472 e. The van der Waals surface area contributed by atoms with Crippen molar-refractivity contribution in [2.75, 3.05) is 47.5 Å². The van der Waals surface area contributed by atoms with Crippen molar-refractivity contribution >= 4 is 13.8 Å². The summed E-state index contributed by atoms with van der Waals surface area (Å²) in [6.45, 7) is 2.12. The van der Waals surface area contributed by atoms with Crippen molar-refractivity contribution in [1.82, 2.24) is 0 Å². The van der Waals surface area contributed by atoms with Crippen molar-refractivity contribution in [3.8, 4) is 0 Å². The van der Waals surface area contributed by atoms with E-state index in [0.717, 1.165) is 32.1 Å². The SMILES string of the molecule is CCCCCCCCCC/C=C\CCCCCCCC(=O)OC[C@@H](O)COP(=O)(O)OCC[N+](C)(C)C. The number of allylic oxidation sites excluding steroid dienone is 2. The molecule has 0 aliphatic carbocycles. The van der Waals surface area contributed by atoms with Gasteiger partial charge in [0.2, 0.25) is 0 Å². The van der Waals surface area contributed by atoms with Crippen LogP contribution in [0.4, 0.5) is 0 Å². The summed E-state index contributed by atoms with van der Waals surface area (Å²) >= 11 is 0. The molecule has 8 nitrogen and oxygen atoms in total. The van der Waals surface area contributed by atoms with Crippen LogP contribution in [0.1, 0.15) is 110 Å². The Hall–Kier alpha value is -0.760. The molecule has 0 aromatic heterocycles. The number of carbonyl (C=O) groups is 1. The zero-order chi connectivity index (χ0) is 27.8. The minimum Gasteiger partial charge on any atom is -0.463 e. The summed E-state index contributed by atoms with van der Waals surface area (Å²) in [5.41, 5.74) is 0. The Balaban J connectivity index is 3.55. The highest BCUT2D eigenvalue weighted by atomic mass is 31.2. The van der Waals surface area contributed by atoms with E-state index >= 15 is 0 Å². The van der Waals surface area contributed by atoms with Crippen LogP contribution in [0.3, 0.4) is 0 Å². The van der Waals surface area contributed by atoms with Gasteiger partial charge in [-0.25, -0.2) is 4.57 Å². The van der Waals surface area contributed by atoms with Crippen molar-refractivity contribution in [2.24, 2.45) is 0 Å². The van der Waals surface area contributed by atoms with Crippen molar-refractivity contribution in [3.05, 3.63) is 12.2 Å². The number of unbranched alkanes of at least 4 members (excludes halogenated alkanes) is 13. The van der Waals surface area contributed by atoms with Crippen molar-refractivity contribution < 1.29 is 37.6 Å². The summed E-state index contributed by atoms with van der Waals surface area (Å²) in [6, 6.07) is 0. The average Bonchev–Trinajstić information content (AvgIpc) is 2.82. The first-order valence-electron chi connectivity index (χ1n) is 14.5. The standard InChI is InChI=1S/C28H56NO7P/c1-5-6-7-8-9-10-11-12-13-14-15-16-17-18-19-20-21-22-28(31)34-25-27(30)26-36-37(32,33)35-24-23-29(2,3)4/h14-15,27,30H,5-13,16-26H2,1-4H3/p+1/b15-14-/t27-/m1/s1. The number of ether oxygens (including phenoxy) is 1. The molecule has 0 aliphatic rings. The number of aliphatic hydroxyl groups excluding tert-OH is 1. The molecular formula is C28H57NO7P+. The third-order valence-corrected chi connectivity index (χ3v) is 7.01. The molecule has 1 unspecified atom stereocenters. The van der Waals surface area contributed by atoms with E-state index in [1.807, 2.05) is 21.1 Å². The minimum absolute atomic E-state index is 0.0540. The molecule has 0 fully saturated rings. The van der Waals surface area contributed by atoms with Crippen LogP contribution >= 0.6 is 7.82 Å². The number of nitrogens with zero attached hydrogens (tertiary/aromatic N) is 1. The van der Waals surface area contributed by atoms with Gasteiger partial charge in [-0.1, -0.05) is 83.3 Å². The number of aliphatic hydroxyl groups is 1. The van der Waals surface area contributed by atoms with Gasteiger partial charge in [0.1, 0.15) is 25.9 Å². The Kier molecular flexibility index (Phi) is 22.7. The highest BCUT2D eigenvalue weighted by molar-refractivity contribution is 7.47. The third-order valence-electron chi connectivity index (χ3n) is 6.03. The van der Waals surface area contributed by atoms with E-state index in [0.29, 0.717) is 17.4 Å². The van der Waals surface area contributed by atoms with Crippen LogP contribution in [0.5, 0.6) is 0 Å². The summed E-state index contributed by atoms with van der Waals surface area (Å²) in [6.07, 6.45) is 22.1. The number of esters is 1. The zero-order valence-corrected chi connectivity index (χ0v) is 25.1. The Morgan fingerprint density at radius 2 is 1.32 bits per heavy atom. The lowest BCUT2D eigenvalue weighted by Gasteiger charge is -2.24. The average molecular weight is 551 g/mol. The highest BCUT2D eigenvalue weighted by Gasteiger charge is 2.24. The predicted octanol–water partition coefficient (Wildman–Crippen LogP) is 6.55. The number of phosphoric acid groups is 1. The molecule has 0 bridgehead atoms. The number of hydrogen-bond donors (Lipinski definition) is 2. The van der Waals surface area contributed by atoms with Crippen LogP contribution in [-0.4, -0.2) is 74.1 Å². The number of hydrogen-bond acceptors (Lipinski definition) is 6. The molecule has 0 aromatic rings. The lowest BCUT2D eigenvalue weighted by atomic mass is 10.1. The van der Waals surface area contributed by atoms with Crippen molar-refractivity contribution in [3.63, 3.8) is 0 Å². The first-order chi connectivity index (χ1) is 17.6. The fourth-order valence-corrected chi connectivity index (χ4v) is 4.40. The predicted molar refractivity (Wildman–Crippen MR) is 150 cm³/mol. The number of quaternary nitrogens is 1. The first-order valence-corrected chi connectivity index (χ1v) is 16.0. The molecular weight excluding hydrogens is 493 g/mol. The molecule has 2 atom stereocenters. The number of carbonyl (C=O) groups excluding carboxylic acids is 1. The Morgan fingerprint density at radius 1 is 0.811 bits per heavy atom. The van der Waals surface area contributed by atoms with Gasteiger partial charge in [0, 0.05) is 6.42 Å². The van der Waals surface area contributed by atoms with E-state index in [-0.39, 0.29) is 19.2 Å². The second kappa shape index (κ2) is 23.2. The molecule has 0 rings (SSSR count). The second-order valence-electron chi connectivity index (χ2n) is 11.0. The molecule has 9 heteroatoms. The Morgan fingerprint density at radius 3 is 1.86 bits per heavy atom. The molecule has 0 aliphatic heterocycles. The van der Waals surface area contributed by atoms with E-state index in [1.54, 1.807) is 0 Å². The fraction of sp³-hybridized carbons (Fsp3) is 0.893. The molecule has 0 saturated carbocycles. The van der Waals surface area contributed by atoms with Crippen LogP contribution in [-0.2, 0) is 23.1 Å². The summed E-state index contributed by atoms with van der Waals surface area (Å²) < 4.78 is 27.1. The molecule has 0 amide bonds. The summed E-state index contributed by atoms with van der Waals surface area (Å²) in [4.78, 5) is 21.5. The van der Waals surface area contributed by atoms with Gasteiger partial charge in [0.15, 0.2) is 0 Å². The van der Waals surface area contributed by atoms with Gasteiger partial charge in [0.05, 0.1) is 27.7 Å². The quantitative estimate of drug-likeness (QED) is 0.0414. The fourth-order valence-electron chi connectivity index (χ4n) is 3.65. The molecule has 2 N–H and O–H groups in total. The topological polar surface area (TPSA) is 102 Å². The third kappa shape index (κ3) is 28.1. The zero-order valence-electron chi connectivity index (χ0n) is 24.2. The van der Waals surface area contributed by atoms with E-state index in [1.165, 1.54) is 64.2 Å². The van der Waals surface area contributed by atoms with E-state index in [2.05, 4.69) is 19.1 Å². The maximum atomic E-state index is 11.8. The van der Waals surface area contributed by atoms with Gasteiger partial charge >= 0.3 is 13.8 Å². The van der Waals surface area contributed by atoms with E-state index < -0.39 is 20.5 Å². The Labute approximate surface area is 227 Å². The Bertz CT molecular complexity index is 622. The first kappa shape index (κ1) is 36.2. The minimum atomic E-state index is -4.24. The molecule has 220 valence electrons. The van der Waals surface area contributed by atoms with Gasteiger partial charge in [-0.2, -0.15) is 0 Å². The van der Waals surface area contributed by atoms with Crippen LogP contribution in [0.2, 0.25) is 0 Å². The van der Waals surface area contributed by atoms with Crippen LogP contribution in [0.25, 0.3) is 0 Å². The number of likely N-dealkylation sites (N-methyl/N-ethyl adjacent to an activating group) is 1. The number of phosphoric ester groups is 1. The van der Waals surface area contributed by atoms with Crippen molar-refractivity contribution in [2.45, 2.75) is 116 Å². The lowest BCUT2D eigenvalue weighted by Crippen LogP contribution is -2.37. The van der Waals surface area contributed by atoms with Crippen LogP contribution in [0.15, 0.2) is 12.2 Å². The largest absolute Gasteiger partial charge is 0.472 e. The summed E-state index contributed by atoms with van der Waals surface area (Å²) in [5.74, 6) is -0.380. The molecule has 0 radical (unpaired) electrons. The second-order valence-corrected chi connectivity index (χ2v) is 12.4. The lowest BCUT2D eigenvalue weighted by molar-refractivity contribution is -0.870. The normalized spacial score (nSPS) is 14.6. The smallest absolute Gasteiger partial charge is 0.463 e. The molecule has 0 aromatic carbocycles. The molecule has 0 saturated heterocycles. The van der Waals surface area contributed by atoms with Crippen LogP contribution < -0.4 is 0 Å². The summed E-state index contributed by atoms with van der Waals surface area (Å²) in [7, 11) is 1.56.